The standard InChI is InChI=1S/C10H20O4.C6H10O4/c11-5-7-13-9-1-2-10(4-3-9)14-8-6-12;7-5(8)3-1-2-4-6(9)10/h9-12H,1-8H2;1-4H2,(H,7,8)(H,9,10). The van der Waals surface area contributed by atoms with Crippen LogP contribution in [0.3, 0.4) is 0 Å². The molecule has 142 valence electrons. The molecular weight excluding hydrogens is 320 g/mol. The zero-order valence-corrected chi connectivity index (χ0v) is 14.1. The van der Waals surface area contributed by atoms with Crippen molar-refractivity contribution in [3.63, 3.8) is 0 Å². The minimum Gasteiger partial charge on any atom is -0.481 e. The van der Waals surface area contributed by atoms with Gasteiger partial charge in [-0.2, -0.15) is 0 Å². The van der Waals surface area contributed by atoms with Gasteiger partial charge in [-0.05, 0) is 38.5 Å². The topological polar surface area (TPSA) is 134 Å². The SMILES string of the molecule is O=C(O)CCCCC(=O)O.OCCOC1CCC(OCCO)CC1. The van der Waals surface area contributed by atoms with Crippen LogP contribution in [0.2, 0.25) is 0 Å². The number of carboxylic acid groups (broad SMARTS) is 2. The van der Waals surface area contributed by atoms with Crippen LogP contribution in [0.4, 0.5) is 0 Å². The predicted molar refractivity (Wildman–Crippen MR) is 85.9 cm³/mol. The molecule has 1 aliphatic carbocycles. The molecule has 0 aromatic rings. The maximum absolute atomic E-state index is 9.90. The molecule has 0 saturated heterocycles. The van der Waals surface area contributed by atoms with Gasteiger partial charge in [-0.3, -0.25) is 9.59 Å². The second kappa shape index (κ2) is 15.3. The highest BCUT2D eigenvalue weighted by Crippen LogP contribution is 2.23. The van der Waals surface area contributed by atoms with Crippen LogP contribution in [-0.2, 0) is 19.1 Å². The third-order valence-corrected chi connectivity index (χ3v) is 3.54. The molecule has 0 heterocycles. The summed E-state index contributed by atoms with van der Waals surface area (Å²) in [5.74, 6) is -1.74. The van der Waals surface area contributed by atoms with Gasteiger partial charge in [-0.1, -0.05) is 0 Å². The van der Waals surface area contributed by atoms with Crippen molar-refractivity contribution in [2.24, 2.45) is 0 Å². The lowest BCUT2D eigenvalue weighted by atomic mass is 9.95. The van der Waals surface area contributed by atoms with E-state index < -0.39 is 11.9 Å². The fraction of sp³-hybridized carbons (Fsp3) is 0.875. The summed E-state index contributed by atoms with van der Waals surface area (Å²) in [7, 11) is 0. The zero-order valence-electron chi connectivity index (χ0n) is 14.1. The highest BCUT2D eigenvalue weighted by molar-refractivity contribution is 5.67. The molecule has 8 nitrogen and oxygen atoms in total. The minimum atomic E-state index is -0.870. The van der Waals surface area contributed by atoms with Crippen LogP contribution in [0.15, 0.2) is 0 Å². The van der Waals surface area contributed by atoms with E-state index in [1.165, 1.54) is 0 Å². The van der Waals surface area contributed by atoms with Crippen molar-refractivity contribution in [3.05, 3.63) is 0 Å². The van der Waals surface area contributed by atoms with Crippen molar-refractivity contribution in [2.45, 2.75) is 63.6 Å². The molecule has 0 aromatic carbocycles. The molecule has 1 fully saturated rings. The van der Waals surface area contributed by atoms with Crippen LogP contribution >= 0.6 is 0 Å². The Morgan fingerprint density at radius 2 is 1.08 bits per heavy atom. The fourth-order valence-electron chi connectivity index (χ4n) is 2.36. The van der Waals surface area contributed by atoms with Crippen molar-refractivity contribution in [2.75, 3.05) is 26.4 Å². The molecule has 0 amide bonds. The average molecular weight is 350 g/mol. The summed E-state index contributed by atoms with van der Waals surface area (Å²) >= 11 is 0. The van der Waals surface area contributed by atoms with E-state index in [1.54, 1.807) is 0 Å². The Bertz CT molecular complexity index is 294. The summed E-state index contributed by atoms with van der Waals surface area (Å²) in [5.41, 5.74) is 0. The minimum absolute atomic E-state index is 0.0628. The quantitative estimate of drug-likeness (QED) is 0.406. The fourth-order valence-corrected chi connectivity index (χ4v) is 2.36. The number of hydrogen-bond donors (Lipinski definition) is 4. The van der Waals surface area contributed by atoms with Crippen LogP contribution < -0.4 is 0 Å². The molecule has 0 aromatic heterocycles. The Labute approximate surface area is 142 Å². The van der Waals surface area contributed by atoms with Gasteiger partial charge in [0.1, 0.15) is 0 Å². The monoisotopic (exact) mass is 350 g/mol. The number of carboxylic acids is 2. The van der Waals surface area contributed by atoms with Crippen LogP contribution in [0.1, 0.15) is 51.4 Å². The highest BCUT2D eigenvalue weighted by atomic mass is 16.5. The Kier molecular flexibility index (Phi) is 14.5. The van der Waals surface area contributed by atoms with Gasteiger partial charge in [0.25, 0.3) is 0 Å². The van der Waals surface area contributed by atoms with Crippen LogP contribution in [0.25, 0.3) is 0 Å². The van der Waals surface area contributed by atoms with Gasteiger partial charge >= 0.3 is 11.9 Å². The number of aliphatic hydroxyl groups excluding tert-OH is 2. The molecule has 0 bridgehead atoms. The number of hydrogen-bond acceptors (Lipinski definition) is 6. The van der Waals surface area contributed by atoms with E-state index in [4.69, 9.17) is 29.9 Å². The van der Waals surface area contributed by atoms with E-state index >= 15 is 0 Å². The van der Waals surface area contributed by atoms with Crippen molar-refractivity contribution < 1.29 is 39.5 Å². The van der Waals surface area contributed by atoms with Crippen LogP contribution in [0, 0.1) is 0 Å². The van der Waals surface area contributed by atoms with E-state index in [0.717, 1.165) is 25.7 Å². The van der Waals surface area contributed by atoms with Gasteiger partial charge in [0, 0.05) is 12.8 Å². The molecule has 0 aliphatic heterocycles. The first kappa shape index (κ1) is 22.8. The maximum atomic E-state index is 9.90. The number of unbranched alkanes of at least 4 members (excludes halogenated alkanes) is 1. The molecule has 1 saturated carbocycles. The first-order valence-electron chi connectivity index (χ1n) is 8.38. The summed E-state index contributed by atoms with van der Waals surface area (Å²) in [6.07, 6.45) is 5.58. The lowest BCUT2D eigenvalue weighted by molar-refractivity contribution is -0.139. The molecular formula is C16H30O8. The molecule has 0 radical (unpaired) electrons. The number of carbonyl (C=O) groups is 2. The van der Waals surface area contributed by atoms with E-state index in [0.29, 0.717) is 26.1 Å². The second-order valence-corrected chi connectivity index (χ2v) is 5.58. The Balaban J connectivity index is 0.000000470. The number of aliphatic carboxylic acids is 2. The Morgan fingerprint density at radius 3 is 1.33 bits per heavy atom. The average Bonchev–Trinajstić information content (AvgIpc) is 2.56. The van der Waals surface area contributed by atoms with Crippen molar-refractivity contribution in [3.8, 4) is 0 Å². The summed E-state index contributed by atoms with van der Waals surface area (Å²) in [6.45, 7) is 1.07. The van der Waals surface area contributed by atoms with Crippen molar-refractivity contribution in [1.29, 1.82) is 0 Å². The van der Waals surface area contributed by atoms with E-state index in [9.17, 15) is 9.59 Å². The van der Waals surface area contributed by atoms with Gasteiger partial charge in [0.05, 0.1) is 38.6 Å². The predicted octanol–water partition coefficient (Wildman–Crippen LogP) is 1.03. The molecule has 1 aliphatic rings. The van der Waals surface area contributed by atoms with Crippen molar-refractivity contribution >= 4 is 11.9 Å². The third kappa shape index (κ3) is 14.4. The van der Waals surface area contributed by atoms with Gasteiger partial charge < -0.3 is 29.9 Å². The number of ether oxygens (including phenoxy) is 2. The molecule has 4 N–H and O–H groups in total. The lowest BCUT2D eigenvalue weighted by Crippen LogP contribution is -2.27. The zero-order chi connectivity index (χ0) is 18.2. The normalized spacial score (nSPS) is 20.1. The number of aliphatic hydroxyl groups is 2. The first-order chi connectivity index (χ1) is 11.5. The summed E-state index contributed by atoms with van der Waals surface area (Å²) < 4.78 is 10.9. The Morgan fingerprint density at radius 1 is 0.750 bits per heavy atom. The van der Waals surface area contributed by atoms with Crippen LogP contribution in [-0.4, -0.2) is 71.0 Å². The highest BCUT2D eigenvalue weighted by Gasteiger charge is 2.21. The molecule has 24 heavy (non-hydrogen) atoms. The Hall–Kier alpha value is -1.22. The summed E-state index contributed by atoms with van der Waals surface area (Å²) in [4.78, 5) is 19.8. The molecule has 1 rings (SSSR count). The van der Waals surface area contributed by atoms with Crippen LogP contribution in [0.5, 0.6) is 0 Å². The first-order valence-corrected chi connectivity index (χ1v) is 8.38. The van der Waals surface area contributed by atoms with Gasteiger partial charge in [-0.25, -0.2) is 0 Å². The largest absolute Gasteiger partial charge is 0.481 e. The number of rotatable bonds is 11. The van der Waals surface area contributed by atoms with Crippen molar-refractivity contribution in [1.82, 2.24) is 0 Å². The van der Waals surface area contributed by atoms with E-state index in [1.807, 2.05) is 0 Å². The molecule has 8 heteroatoms. The maximum Gasteiger partial charge on any atom is 0.303 e. The van der Waals surface area contributed by atoms with E-state index in [-0.39, 0.29) is 38.3 Å². The van der Waals surface area contributed by atoms with Gasteiger partial charge in [-0.15, -0.1) is 0 Å². The summed E-state index contributed by atoms with van der Waals surface area (Å²) in [6, 6.07) is 0. The lowest BCUT2D eigenvalue weighted by Gasteiger charge is -2.28. The smallest absolute Gasteiger partial charge is 0.303 e. The third-order valence-electron chi connectivity index (χ3n) is 3.54. The second-order valence-electron chi connectivity index (χ2n) is 5.58. The molecule has 0 unspecified atom stereocenters. The summed E-state index contributed by atoms with van der Waals surface area (Å²) in [5, 5.41) is 33.4. The van der Waals surface area contributed by atoms with E-state index in [2.05, 4.69) is 0 Å². The molecule has 0 spiro atoms. The van der Waals surface area contributed by atoms with Gasteiger partial charge in [0.2, 0.25) is 0 Å². The van der Waals surface area contributed by atoms with Gasteiger partial charge in [0.15, 0.2) is 0 Å². The molecule has 0 atom stereocenters.